The van der Waals surface area contributed by atoms with E-state index in [1.807, 2.05) is 4.90 Å². The van der Waals surface area contributed by atoms with Gasteiger partial charge in [0, 0.05) is 32.4 Å². The van der Waals surface area contributed by atoms with E-state index < -0.39 is 0 Å². The van der Waals surface area contributed by atoms with Crippen LogP contribution in [-0.2, 0) is 0 Å². The summed E-state index contributed by atoms with van der Waals surface area (Å²) >= 11 is 0. The highest BCUT2D eigenvalue weighted by molar-refractivity contribution is 5.80. The number of fused-ring (bicyclic) bond motifs is 1. The molecule has 2 fully saturated rings. The maximum atomic E-state index is 11.5. The van der Waals surface area contributed by atoms with E-state index in [0.29, 0.717) is 0 Å². The highest BCUT2D eigenvalue weighted by Gasteiger charge is 2.39. The number of likely N-dealkylation sites (N-methyl/N-ethyl adjacent to an activating group) is 1. The second kappa shape index (κ2) is 2.48. The summed E-state index contributed by atoms with van der Waals surface area (Å²) in [4.78, 5) is 15.0. The Bertz CT molecular complexity index is 214. The molecule has 0 aliphatic carbocycles. The average molecular weight is 167 g/mol. The van der Waals surface area contributed by atoms with Crippen molar-refractivity contribution in [3.05, 3.63) is 12.3 Å². The molecule has 0 spiro atoms. The molecule has 4 nitrogen and oxygen atoms in total. The quantitative estimate of drug-likeness (QED) is 0.544. The number of piperazine rings is 1. The van der Waals surface area contributed by atoms with Gasteiger partial charge in [0.2, 0.25) is 0 Å². The predicted octanol–water partition coefficient (Wildman–Crippen LogP) is -0.161. The van der Waals surface area contributed by atoms with E-state index in [9.17, 15) is 4.79 Å². The standard InChI is InChI=1S/C8H13N3O/c1-6-7-5-9-3-4-11(7)8(12)10(6)2/h7,9H,1,3-5H2,2H3. The molecule has 2 rings (SSSR count). The third-order valence-electron chi connectivity index (χ3n) is 2.59. The highest BCUT2D eigenvalue weighted by atomic mass is 16.2. The molecule has 12 heavy (non-hydrogen) atoms. The lowest BCUT2D eigenvalue weighted by atomic mass is 10.2. The summed E-state index contributed by atoms with van der Waals surface area (Å²) in [6.07, 6.45) is 0. The Morgan fingerprint density at radius 1 is 1.67 bits per heavy atom. The third kappa shape index (κ3) is 0.845. The van der Waals surface area contributed by atoms with Gasteiger partial charge >= 0.3 is 6.03 Å². The molecule has 1 N–H and O–H groups in total. The van der Waals surface area contributed by atoms with Gasteiger partial charge in [-0.25, -0.2) is 4.79 Å². The van der Waals surface area contributed by atoms with Crippen LogP contribution in [0.15, 0.2) is 12.3 Å². The van der Waals surface area contributed by atoms with E-state index in [4.69, 9.17) is 0 Å². The van der Waals surface area contributed by atoms with Crippen molar-refractivity contribution in [2.24, 2.45) is 0 Å². The Kier molecular flexibility index (Phi) is 1.58. The Labute approximate surface area is 71.8 Å². The lowest BCUT2D eigenvalue weighted by Gasteiger charge is -2.28. The Balaban J connectivity index is 2.25. The van der Waals surface area contributed by atoms with Crippen LogP contribution in [0.25, 0.3) is 0 Å². The van der Waals surface area contributed by atoms with Crippen molar-refractivity contribution < 1.29 is 4.79 Å². The summed E-state index contributed by atoms with van der Waals surface area (Å²) in [6.45, 7) is 6.43. The van der Waals surface area contributed by atoms with Crippen molar-refractivity contribution in [3.63, 3.8) is 0 Å². The molecule has 0 aromatic rings. The Morgan fingerprint density at radius 2 is 2.42 bits per heavy atom. The van der Waals surface area contributed by atoms with E-state index in [1.54, 1.807) is 11.9 Å². The number of hydrogen-bond donors (Lipinski definition) is 1. The second-order valence-corrected chi connectivity index (χ2v) is 3.25. The Morgan fingerprint density at radius 3 is 3.08 bits per heavy atom. The first kappa shape index (κ1) is 7.61. The maximum absolute atomic E-state index is 11.5. The van der Waals surface area contributed by atoms with Crippen molar-refractivity contribution in [1.82, 2.24) is 15.1 Å². The number of urea groups is 1. The smallest absolute Gasteiger partial charge is 0.313 e. The van der Waals surface area contributed by atoms with Gasteiger partial charge in [-0.05, 0) is 0 Å². The van der Waals surface area contributed by atoms with Gasteiger partial charge in [-0.1, -0.05) is 6.58 Å². The summed E-state index contributed by atoms with van der Waals surface area (Å²) in [5, 5.41) is 3.25. The van der Waals surface area contributed by atoms with E-state index in [1.165, 1.54) is 0 Å². The molecule has 0 radical (unpaired) electrons. The molecule has 1 atom stereocenters. The van der Waals surface area contributed by atoms with E-state index in [2.05, 4.69) is 11.9 Å². The molecule has 0 aromatic carbocycles. The number of amides is 2. The summed E-state index contributed by atoms with van der Waals surface area (Å²) in [5.41, 5.74) is 0.909. The molecule has 66 valence electrons. The van der Waals surface area contributed by atoms with Crippen molar-refractivity contribution in [2.45, 2.75) is 6.04 Å². The highest BCUT2D eigenvalue weighted by Crippen LogP contribution is 2.23. The molecule has 4 heteroatoms. The second-order valence-electron chi connectivity index (χ2n) is 3.25. The molecular weight excluding hydrogens is 154 g/mol. The number of carbonyl (C=O) groups excluding carboxylic acids is 1. The first-order valence-electron chi connectivity index (χ1n) is 4.15. The van der Waals surface area contributed by atoms with Crippen LogP contribution in [0.5, 0.6) is 0 Å². The van der Waals surface area contributed by atoms with Crippen LogP contribution in [0.4, 0.5) is 4.79 Å². The Hall–Kier alpha value is -1.03. The molecule has 1 unspecified atom stereocenters. The summed E-state index contributed by atoms with van der Waals surface area (Å²) < 4.78 is 0. The topological polar surface area (TPSA) is 35.6 Å². The van der Waals surface area contributed by atoms with E-state index >= 15 is 0 Å². The molecule has 0 bridgehead atoms. The third-order valence-corrected chi connectivity index (χ3v) is 2.59. The lowest BCUT2D eigenvalue weighted by molar-refractivity contribution is 0.183. The summed E-state index contributed by atoms with van der Waals surface area (Å²) in [5.74, 6) is 0. The van der Waals surface area contributed by atoms with E-state index in [-0.39, 0.29) is 12.1 Å². The molecule has 2 amide bonds. The van der Waals surface area contributed by atoms with Crippen LogP contribution in [0.2, 0.25) is 0 Å². The largest absolute Gasteiger partial charge is 0.324 e. The molecule has 2 heterocycles. The van der Waals surface area contributed by atoms with Crippen molar-refractivity contribution in [2.75, 3.05) is 26.7 Å². The van der Waals surface area contributed by atoms with Gasteiger partial charge in [0.1, 0.15) is 0 Å². The van der Waals surface area contributed by atoms with Crippen LogP contribution in [0.3, 0.4) is 0 Å². The minimum atomic E-state index is 0.0894. The lowest BCUT2D eigenvalue weighted by Crippen LogP contribution is -2.49. The van der Waals surface area contributed by atoms with Crippen molar-refractivity contribution in [3.8, 4) is 0 Å². The maximum Gasteiger partial charge on any atom is 0.324 e. The monoisotopic (exact) mass is 167 g/mol. The fraction of sp³-hybridized carbons (Fsp3) is 0.625. The number of nitrogens with zero attached hydrogens (tertiary/aromatic N) is 2. The molecule has 0 saturated carbocycles. The number of rotatable bonds is 0. The molecular formula is C8H13N3O. The van der Waals surface area contributed by atoms with Crippen LogP contribution in [-0.4, -0.2) is 48.6 Å². The zero-order chi connectivity index (χ0) is 8.72. The van der Waals surface area contributed by atoms with Gasteiger partial charge in [-0.2, -0.15) is 0 Å². The van der Waals surface area contributed by atoms with Gasteiger partial charge in [-0.3, -0.25) is 4.90 Å². The molecule has 2 aliphatic rings. The van der Waals surface area contributed by atoms with Crippen LogP contribution < -0.4 is 5.32 Å². The molecule has 2 aliphatic heterocycles. The molecule has 2 saturated heterocycles. The first-order valence-corrected chi connectivity index (χ1v) is 4.15. The van der Waals surface area contributed by atoms with Gasteiger partial charge < -0.3 is 10.2 Å². The molecule has 0 aromatic heterocycles. The van der Waals surface area contributed by atoms with Gasteiger partial charge in [0.15, 0.2) is 0 Å². The number of carbonyl (C=O) groups is 1. The normalized spacial score (nSPS) is 29.6. The first-order chi connectivity index (χ1) is 5.72. The van der Waals surface area contributed by atoms with Gasteiger partial charge in [0.25, 0.3) is 0 Å². The summed E-state index contributed by atoms with van der Waals surface area (Å²) in [6, 6.07) is 0.280. The van der Waals surface area contributed by atoms with Crippen molar-refractivity contribution in [1.29, 1.82) is 0 Å². The number of nitrogens with one attached hydrogen (secondary N) is 1. The number of hydrogen-bond acceptors (Lipinski definition) is 2. The fourth-order valence-electron chi connectivity index (χ4n) is 1.77. The minimum Gasteiger partial charge on any atom is -0.313 e. The minimum absolute atomic E-state index is 0.0894. The van der Waals surface area contributed by atoms with Gasteiger partial charge in [-0.15, -0.1) is 0 Å². The average Bonchev–Trinajstić information content (AvgIpc) is 2.33. The van der Waals surface area contributed by atoms with Crippen LogP contribution >= 0.6 is 0 Å². The van der Waals surface area contributed by atoms with Crippen molar-refractivity contribution >= 4 is 6.03 Å². The van der Waals surface area contributed by atoms with Crippen LogP contribution in [0.1, 0.15) is 0 Å². The predicted molar refractivity (Wildman–Crippen MR) is 45.7 cm³/mol. The summed E-state index contributed by atoms with van der Waals surface area (Å²) in [7, 11) is 1.78. The fourth-order valence-corrected chi connectivity index (χ4v) is 1.77. The zero-order valence-corrected chi connectivity index (χ0v) is 7.21. The SMILES string of the molecule is C=C1C2CNCCN2C(=O)N1C. The van der Waals surface area contributed by atoms with E-state index in [0.717, 1.165) is 25.3 Å². The van der Waals surface area contributed by atoms with Gasteiger partial charge in [0.05, 0.1) is 6.04 Å². The zero-order valence-electron chi connectivity index (χ0n) is 7.21. The van der Waals surface area contributed by atoms with Crippen LogP contribution in [0, 0.1) is 0 Å².